The zero-order chi connectivity index (χ0) is 14.0. The SMILES string of the molecule is CC1(C)C(O)CC1NCC(=O)Nc1ccc(Br)cc1. The first-order valence-corrected chi connectivity index (χ1v) is 7.16. The minimum atomic E-state index is -0.278. The smallest absolute Gasteiger partial charge is 0.238 e. The second-order valence-electron chi connectivity index (χ2n) is 5.56. The number of amides is 1. The molecule has 1 amide bonds. The van der Waals surface area contributed by atoms with Crippen LogP contribution in [0.1, 0.15) is 20.3 Å². The van der Waals surface area contributed by atoms with E-state index in [1.165, 1.54) is 0 Å². The Kier molecular flexibility index (Phi) is 4.28. The Bertz CT molecular complexity index is 459. The number of benzene rings is 1. The maximum absolute atomic E-state index is 11.8. The Morgan fingerprint density at radius 3 is 2.58 bits per heavy atom. The minimum absolute atomic E-state index is 0.0699. The van der Waals surface area contributed by atoms with Crippen molar-refractivity contribution in [1.82, 2.24) is 5.32 Å². The topological polar surface area (TPSA) is 61.4 Å². The summed E-state index contributed by atoms with van der Waals surface area (Å²) in [6.45, 7) is 4.27. The second-order valence-corrected chi connectivity index (χ2v) is 6.48. The third kappa shape index (κ3) is 3.35. The van der Waals surface area contributed by atoms with Crippen molar-refractivity contribution < 1.29 is 9.90 Å². The van der Waals surface area contributed by atoms with Gasteiger partial charge in [0, 0.05) is 21.6 Å². The van der Waals surface area contributed by atoms with Crippen molar-refractivity contribution in [1.29, 1.82) is 0 Å². The highest BCUT2D eigenvalue weighted by Crippen LogP contribution is 2.40. The van der Waals surface area contributed by atoms with Gasteiger partial charge >= 0.3 is 0 Å². The molecule has 0 heterocycles. The second kappa shape index (κ2) is 5.61. The van der Waals surface area contributed by atoms with Crippen LogP contribution < -0.4 is 10.6 Å². The molecule has 4 nitrogen and oxygen atoms in total. The van der Waals surface area contributed by atoms with Gasteiger partial charge in [0.15, 0.2) is 0 Å². The lowest BCUT2D eigenvalue weighted by atomic mass is 9.64. The van der Waals surface area contributed by atoms with Gasteiger partial charge in [-0.1, -0.05) is 29.8 Å². The van der Waals surface area contributed by atoms with Crippen LogP contribution in [-0.4, -0.2) is 29.7 Å². The molecule has 0 radical (unpaired) electrons. The molecule has 2 rings (SSSR count). The Balaban J connectivity index is 1.78. The summed E-state index contributed by atoms with van der Waals surface area (Å²) in [4.78, 5) is 11.8. The highest BCUT2D eigenvalue weighted by Gasteiger charge is 2.46. The lowest BCUT2D eigenvalue weighted by Crippen LogP contribution is -2.60. The van der Waals surface area contributed by atoms with Crippen molar-refractivity contribution >= 4 is 27.5 Å². The predicted octanol–water partition coefficient (Wildman–Crippen LogP) is 2.14. The molecule has 0 aliphatic heterocycles. The minimum Gasteiger partial charge on any atom is -0.392 e. The molecule has 2 unspecified atom stereocenters. The summed E-state index contributed by atoms with van der Waals surface area (Å²) < 4.78 is 0.980. The van der Waals surface area contributed by atoms with Gasteiger partial charge in [-0.15, -0.1) is 0 Å². The number of anilines is 1. The van der Waals surface area contributed by atoms with Crippen molar-refractivity contribution in [2.24, 2.45) is 5.41 Å². The molecular formula is C14H19BrN2O2. The number of aliphatic hydroxyl groups is 1. The lowest BCUT2D eigenvalue weighted by Gasteiger charge is -2.49. The van der Waals surface area contributed by atoms with Gasteiger partial charge in [-0.3, -0.25) is 4.79 Å². The van der Waals surface area contributed by atoms with E-state index in [0.717, 1.165) is 10.2 Å². The highest BCUT2D eigenvalue weighted by atomic mass is 79.9. The molecule has 19 heavy (non-hydrogen) atoms. The van der Waals surface area contributed by atoms with E-state index in [1.54, 1.807) is 0 Å². The first-order valence-electron chi connectivity index (χ1n) is 6.36. The quantitative estimate of drug-likeness (QED) is 0.794. The van der Waals surface area contributed by atoms with Crippen LogP contribution in [0, 0.1) is 5.41 Å². The Morgan fingerprint density at radius 2 is 2.05 bits per heavy atom. The van der Waals surface area contributed by atoms with Gasteiger partial charge in [-0.05, 0) is 30.7 Å². The molecule has 3 N–H and O–H groups in total. The molecular weight excluding hydrogens is 308 g/mol. The molecule has 104 valence electrons. The zero-order valence-electron chi connectivity index (χ0n) is 11.1. The maximum Gasteiger partial charge on any atom is 0.238 e. The number of rotatable bonds is 4. The van der Waals surface area contributed by atoms with E-state index in [2.05, 4.69) is 26.6 Å². The highest BCUT2D eigenvalue weighted by molar-refractivity contribution is 9.10. The molecule has 1 aromatic carbocycles. The van der Waals surface area contributed by atoms with E-state index < -0.39 is 0 Å². The summed E-state index contributed by atoms with van der Waals surface area (Å²) >= 11 is 3.35. The van der Waals surface area contributed by atoms with E-state index >= 15 is 0 Å². The van der Waals surface area contributed by atoms with Gasteiger partial charge in [-0.2, -0.15) is 0 Å². The standard InChI is InChI=1S/C14H19BrN2O2/c1-14(2)11(7-12(14)18)16-8-13(19)17-10-5-3-9(15)4-6-10/h3-6,11-12,16,18H,7-8H2,1-2H3,(H,17,19). The monoisotopic (exact) mass is 326 g/mol. The number of hydrogen-bond donors (Lipinski definition) is 3. The fourth-order valence-corrected chi connectivity index (χ4v) is 2.47. The number of halogens is 1. The molecule has 0 spiro atoms. The largest absolute Gasteiger partial charge is 0.392 e. The number of hydrogen-bond acceptors (Lipinski definition) is 3. The van der Waals surface area contributed by atoms with Crippen LogP contribution >= 0.6 is 15.9 Å². The summed E-state index contributed by atoms with van der Waals surface area (Å²) in [5, 5.41) is 15.6. The van der Waals surface area contributed by atoms with Crippen LogP contribution in [0.5, 0.6) is 0 Å². The fourth-order valence-electron chi connectivity index (χ4n) is 2.20. The maximum atomic E-state index is 11.8. The van der Waals surface area contributed by atoms with E-state index in [9.17, 15) is 9.90 Å². The van der Waals surface area contributed by atoms with E-state index in [4.69, 9.17) is 0 Å². The number of carbonyl (C=O) groups excluding carboxylic acids is 1. The number of nitrogens with one attached hydrogen (secondary N) is 2. The fraction of sp³-hybridized carbons (Fsp3) is 0.500. The number of carbonyl (C=O) groups is 1. The summed E-state index contributed by atoms with van der Waals surface area (Å²) in [6, 6.07) is 7.65. The molecule has 1 fully saturated rings. The molecule has 5 heteroatoms. The Labute approximate surface area is 121 Å². The van der Waals surface area contributed by atoms with Crippen LogP contribution in [0.3, 0.4) is 0 Å². The summed E-state index contributed by atoms with van der Waals surface area (Å²) in [6.07, 6.45) is 0.429. The van der Waals surface area contributed by atoms with E-state index in [1.807, 2.05) is 38.1 Å². The van der Waals surface area contributed by atoms with Gasteiger partial charge < -0.3 is 15.7 Å². The summed E-state index contributed by atoms with van der Waals surface area (Å²) in [7, 11) is 0. The Morgan fingerprint density at radius 1 is 1.42 bits per heavy atom. The molecule has 0 aromatic heterocycles. The van der Waals surface area contributed by atoms with Crippen LogP contribution in [0.2, 0.25) is 0 Å². The van der Waals surface area contributed by atoms with Gasteiger partial charge in [0.2, 0.25) is 5.91 Å². The van der Waals surface area contributed by atoms with Gasteiger partial charge in [-0.25, -0.2) is 0 Å². The zero-order valence-corrected chi connectivity index (χ0v) is 12.7. The van der Waals surface area contributed by atoms with E-state index in [-0.39, 0.29) is 30.0 Å². The molecule has 0 bridgehead atoms. The lowest BCUT2D eigenvalue weighted by molar-refractivity contribution is -0.117. The molecule has 1 aliphatic carbocycles. The summed E-state index contributed by atoms with van der Waals surface area (Å²) in [5.74, 6) is -0.0699. The number of aliphatic hydroxyl groups excluding tert-OH is 1. The molecule has 1 aromatic rings. The van der Waals surface area contributed by atoms with Crippen LogP contribution in [0.25, 0.3) is 0 Å². The van der Waals surface area contributed by atoms with Gasteiger partial charge in [0.1, 0.15) is 0 Å². The summed E-state index contributed by atoms with van der Waals surface area (Å²) in [5.41, 5.74) is 0.626. The van der Waals surface area contributed by atoms with Crippen LogP contribution in [0.15, 0.2) is 28.7 Å². The van der Waals surface area contributed by atoms with Crippen molar-refractivity contribution in [2.75, 3.05) is 11.9 Å². The third-order valence-electron chi connectivity index (χ3n) is 3.85. The van der Waals surface area contributed by atoms with Crippen molar-refractivity contribution in [3.63, 3.8) is 0 Å². The van der Waals surface area contributed by atoms with Crippen LogP contribution in [0.4, 0.5) is 5.69 Å². The average Bonchev–Trinajstić information content (AvgIpc) is 2.37. The van der Waals surface area contributed by atoms with Gasteiger partial charge in [0.05, 0.1) is 12.6 Å². The van der Waals surface area contributed by atoms with Crippen LogP contribution in [-0.2, 0) is 4.79 Å². The van der Waals surface area contributed by atoms with Crippen molar-refractivity contribution in [3.05, 3.63) is 28.7 Å². The first kappa shape index (κ1) is 14.5. The normalized spacial score (nSPS) is 24.6. The molecule has 2 atom stereocenters. The van der Waals surface area contributed by atoms with E-state index in [0.29, 0.717) is 6.42 Å². The Hall–Kier alpha value is -0.910. The molecule has 1 saturated carbocycles. The average molecular weight is 327 g/mol. The van der Waals surface area contributed by atoms with Crippen molar-refractivity contribution in [2.45, 2.75) is 32.4 Å². The van der Waals surface area contributed by atoms with Gasteiger partial charge in [0.25, 0.3) is 0 Å². The van der Waals surface area contributed by atoms with Crippen molar-refractivity contribution in [3.8, 4) is 0 Å². The predicted molar refractivity (Wildman–Crippen MR) is 79.0 cm³/mol. The first-order chi connectivity index (χ1) is 8.89. The molecule has 0 saturated heterocycles. The molecule has 1 aliphatic rings. The third-order valence-corrected chi connectivity index (χ3v) is 4.38.